The van der Waals surface area contributed by atoms with E-state index in [2.05, 4.69) is 10.6 Å². The summed E-state index contributed by atoms with van der Waals surface area (Å²) in [6, 6.07) is 9.54. The number of alkyl carbamates (subject to hydrolysis) is 2. The van der Waals surface area contributed by atoms with Crippen LogP contribution in [0, 0.1) is 0 Å². The fourth-order valence-corrected chi connectivity index (χ4v) is 3.20. The summed E-state index contributed by atoms with van der Waals surface area (Å²) in [5.41, 5.74) is 0.00804. The van der Waals surface area contributed by atoms with Crippen molar-refractivity contribution in [3.8, 4) is 0 Å². The number of nitrogens with one attached hydrogen (secondary N) is 2. The highest BCUT2D eigenvalue weighted by Gasteiger charge is 2.35. The van der Waals surface area contributed by atoms with Gasteiger partial charge in [-0.3, -0.25) is 0 Å². The molecule has 144 valence electrons. The molecule has 0 saturated heterocycles. The number of benzene rings is 1. The zero-order valence-corrected chi connectivity index (χ0v) is 16.1. The van der Waals surface area contributed by atoms with E-state index >= 15 is 0 Å². The second kappa shape index (κ2) is 8.43. The summed E-state index contributed by atoms with van der Waals surface area (Å²) in [5.74, 6) is 0. The average Bonchev–Trinajstić information content (AvgIpc) is 2.51. The first-order valence-electron chi connectivity index (χ1n) is 9.14. The van der Waals surface area contributed by atoms with Gasteiger partial charge in [-0.2, -0.15) is 0 Å². The number of amides is 2. The van der Waals surface area contributed by atoms with Crippen molar-refractivity contribution in [2.45, 2.75) is 77.2 Å². The quantitative estimate of drug-likeness (QED) is 0.844. The SMILES string of the molecule is CC(C)(C)OC(=O)N[C@H]1CCC[C@@](C)(NC(=O)OCc2ccccc2)C1. The molecule has 0 spiro atoms. The Morgan fingerprint density at radius 3 is 2.54 bits per heavy atom. The second-order valence-electron chi connectivity index (χ2n) is 8.19. The maximum Gasteiger partial charge on any atom is 0.407 e. The lowest BCUT2D eigenvalue weighted by atomic mass is 9.80. The lowest BCUT2D eigenvalue weighted by molar-refractivity contribution is 0.0476. The van der Waals surface area contributed by atoms with Crippen LogP contribution in [0.25, 0.3) is 0 Å². The minimum Gasteiger partial charge on any atom is -0.445 e. The molecule has 26 heavy (non-hydrogen) atoms. The molecule has 2 atom stereocenters. The minimum atomic E-state index is -0.526. The van der Waals surface area contributed by atoms with Gasteiger partial charge in [0.05, 0.1) is 0 Å². The fraction of sp³-hybridized carbons (Fsp3) is 0.600. The van der Waals surface area contributed by atoms with Crippen molar-refractivity contribution in [2.75, 3.05) is 0 Å². The molecule has 2 rings (SSSR count). The van der Waals surface area contributed by atoms with Gasteiger partial charge in [0, 0.05) is 11.6 Å². The van der Waals surface area contributed by atoms with Crippen LogP contribution in [-0.2, 0) is 16.1 Å². The Hall–Kier alpha value is -2.24. The summed E-state index contributed by atoms with van der Waals surface area (Å²) in [6.07, 6.45) is 2.42. The average molecular weight is 362 g/mol. The molecule has 1 aromatic rings. The number of ether oxygens (including phenoxy) is 2. The van der Waals surface area contributed by atoms with E-state index in [1.807, 2.05) is 58.0 Å². The first-order valence-corrected chi connectivity index (χ1v) is 9.14. The Labute approximate surface area is 155 Å². The zero-order chi connectivity index (χ0) is 19.2. The van der Waals surface area contributed by atoms with Crippen LogP contribution in [0.3, 0.4) is 0 Å². The van der Waals surface area contributed by atoms with Gasteiger partial charge in [0.25, 0.3) is 0 Å². The number of hydrogen-bond acceptors (Lipinski definition) is 4. The third-order valence-corrected chi connectivity index (χ3v) is 4.32. The van der Waals surface area contributed by atoms with E-state index in [0.717, 1.165) is 24.8 Å². The molecule has 0 aromatic heterocycles. The standard InChI is InChI=1S/C20H30N2O4/c1-19(2,3)26-17(23)21-16-11-8-12-20(4,13-16)22-18(24)25-14-15-9-6-5-7-10-15/h5-7,9-10,16H,8,11-14H2,1-4H3,(H,21,23)(H,22,24)/t16-,20+/m0/s1. The van der Waals surface area contributed by atoms with Gasteiger partial charge in [0.15, 0.2) is 0 Å². The number of hydrogen-bond donors (Lipinski definition) is 2. The first-order chi connectivity index (χ1) is 12.2. The van der Waals surface area contributed by atoms with Gasteiger partial charge in [-0.1, -0.05) is 30.3 Å². The molecule has 1 aromatic carbocycles. The summed E-state index contributed by atoms with van der Waals surface area (Å²) >= 11 is 0. The minimum absolute atomic E-state index is 0.0296. The smallest absolute Gasteiger partial charge is 0.407 e. The molecule has 6 heteroatoms. The van der Waals surface area contributed by atoms with Crippen LogP contribution >= 0.6 is 0 Å². The van der Waals surface area contributed by atoms with Crippen LogP contribution in [0.5, 0.6) is 0 Å². The van der Waals surface area contributed by atoms with E-state index < -0.39 is 23.3 Å². The van der Waals surface area contributed by atoms with Gasteiger partial charge in [-0.15, -0.1) is 0 Å². The third kappa shape index (κ3) is 6.94. The van der Waals surface area contributed by atoms with Gasteiger partial charge in [0.1, 0.15) is 12.2 Å². The van der Waals surface area contributed by atoms with E-state index in [-0.39, 0.29) is 12.6 Å². The molecule has 0 aliphatic heterocycles. The van der Waals surface area contributed by atoms with E-state index in [9.17, 15) is 9.59 Å². The topological polar surface area (TPSA) is 76.7 Å². The fourth-order valence-electron chi connectivity index (χ4n) is 3.20. The Morgan fingerprint density at radius 1 is 1.19 bits per heavy atom. The Kier molecular flexibility index (Phi) is 6.51. The molecule has 0 bridgehead atoms. The van der Waals surface area contributed by atoms with Crippen LogP contribution < -0.4 is 10.6 Å². The molecule has 0 unspecified atom stereocenters. The summed E-state index contributed by atoms with van der Waals surface area (Å²) in [5, 5.41) is 5.87. The van der Waals surface area contributed by atoms with E-state index in [0.29, 0.717) is 6.42 Å². The molecule has 2 amide bonds. The van der Waals surface area contributed by atoms with Gasteiger partial charge in [-0.05, 0) is 58.9 Å². The summed E-state index contributed by atoms with van der Waals surface area (Å²) in [6.45, 7) is 7.73. The van der Waals surface area contributed by atoms with Crippen LogP contribution in [0.2, 0.25) is 0 Å². The largest absolute Gasteiger partial charge is 0.445 e. The summed E-state index contributed by atoms with van der Waals surface area (Å²) in [7, 11) is 0. The van der Waals surface area contributed by atoms with Gasteiger partial charge in [-0.25, -0.2) is 9.59 Å². The maximum atomic E-state index is 12.2. The highest BCUT2D eigenvalue weighted by atomic mass is 16.6. The molecule has 0 heterocycles. The Morgan fingerprint density at radius 2 is 1.88 bits per heavy atom. The predicted octanol–water partition coefficient (Wildman–Crippen LogP) is 4.14. The Balaban J connectivity index is 1.82. The lowest BCUT2D eigenvalue weighted by Crippen LogP contribution is -2.54. The van der Waals surface area contributed by atoms with E-state index in [1.165, 1.54) is 0 Å². The molecule has 0 radical (unpaired) electrons. The van der Waals surface area contributed by atoms with Crippen LogP contribution in [-0.4, -0.2) is 29.4 Å². The van der Waals surface area contributed by atoms with E-state index in [1.54, 1.807) is 0 Å². The number of rotatable bonds is 4. The molecule has 2 N–H and O–H groups in total. The molecule has 6 nitrogen and oxygen atoms in total. The van der Waals surface area contributed by atoms with Crippen molar-refractivity contribution in [3.05, 3.63) is 35.9 Å². The summed E-state index contributed by atoms with van der Waals surface area (Å²) in [4.78, 5) is 24.1. The van der Waals surface area contributed by atoms with Crippen molar-refractivity contribution in [1.29, 1.82) is 0 Å². The second-order valence-corrected chi connectivity index (χ2v) is 8.19. The van der Waals surface area contributed by atoms with Crippen molar-refractivity contribution in [3.63, 3.8) is 0 Å². The predicted molar refractivity (Wildman–Crippen MR) is 99.8 cm³/mol. The molecule has 1 aliphatic carbocycles. The van der Waals surface area contributed by atoms with Gasteiger partial charge < -0.3 is 20.1 Å². The van der Waals surface area contributed by atoms with Crippen molar-refractivity contribution < 1.29 is 19.1 Å². The van der Waals surface area contributed by atoms with E-state index in [4.69, 9.17) is 9.47 Å². The number of carbonyl (C=O) groups is 2. The van der Waals surface area contributed by atoms with Crippen molar-refractivity contribution in [2.24, 2.45) is 0 Å². The molecule has 1 saturated carbocycles. The highest BCUT2D eigenvalue weighted by Crippen LogP contribution is 2.28. The highest BCUT2D eigenvalue weighted by molar-refractivity contribution is 5.69. The number of carbonyl (C=O) groups excluding carboxylic acids is 2. The monoisotopic (exact) mass is 362 g/mol. The van der Waals surface area contributed by atoms with Crippen LogP contribution in [0.15, 0.2) is 30.3 Å². The zero-order valence-electron chi connectivity index (χ0n) is 16.1. The van der Waals surface area contributed by atoms with Crippen LogP contribution in [0.4, 0.5) is 9.59 Å². The normalized spacial score (nSPS) is 23.0. The molecule has 1 aliphatic rings. The van der Waals surface area contributed by atoms with Crippen LogP contribution in [0.1, 0.15) is 58.9 Å². The van der Waals surface area contributed by atoms with Gasteiger partial charge in [0.2, 0.25) is 0 Å². The lowest BCUT2D eigenvalue weighted by Gasteiger charge is -2.38. The molecule has 1 fully saturated rings. The Bertz CT molecular complexity index is 612. The van der Waals surface area contributed by atoms with Gasteiger partial charge >= 0.3 is 12.2 Å². The first kappa shape index (κ1) is 20.1. The molecular weight excluding hydrogens is 332 g/mol. The maximum absolute atomic E-state index is 12.2. The van der Waals surface area contributed by atoms with Crippen molar-refractivity contribution in [1.82, 2.24) is 10.6 Å². The third-order valence-electron chi connectivity index (χ3n) is 4.32. The summed E-state index contributed by atoms with van der Waals surface area (Å²) < 4.78 is 10.6. The van der Waals surface area contributed by atoms with Crippen molar-refractivity contribution >= 4 is 12.2 Å². The molecular formula is C20H30N2O4.